The van der Waals surface area contributed by atoms with Gasteiger partial charge in [-0.1, -0.05) is 45.4 Å². The first-order valence-corrected chi connectivity index (χ1v) is 7.18. The molecule has 0 aromatic heterocycles. The predicted molar refractivity (Wildman–Crippen MR) is 70.0 cm³/mol. The van der Waals surface area contributed by atoms with Crippen LogP contribution >= 0.6 is 0 Å². The lowest BCUT2D eigenvalue weighted by atomic mass is 9.70. The zero-order valence-corrected chi connectivity index (χ0v) is 11.4. The highest BCUT2D eigenvalue weighted by atomic mass is 16.2. The first-order valence-electron chi connectivity index (χ1n) is 7.18. The van der Waals surface area contributed by atoms with Gasteiger partial charge in [0.25, 0.3) is 0 Å². The molecule has 1 aliphatic rings. The van der Waals surface area contributed by atoms with Gasteiger partial charge in [0.05, 0.1) is 5.41 Å². The molecule has 0 aromatic carbocycles. The minimum absolute atomic E-state index is 0.183. The van der Waals surface area contributed by atoms with Crippen molar-refractivity contribution in [3.8, 4) is 0 Å². The van der Waals surface area contributed by atoms with Gasteiger partial charge in [-0.05, 0) is 19.8 Å². The van der Waals surface area contributed by atoms with Crippen molar-refractivity contribution in [3.05, 3.63) is 0 Å². The summed E-state index contributed by atoms with van der Waals surface area (Å²) in [7, 11) is 0. The number of carbonyl (C=O) groups is 2. The van der Waals surface area contributed by atoms with E-state index in [1.165, 1.54) is 25.7 Å². The van der Waals surface area contributed by atoms with Crippen LogP contribution in [0.1, 0.15) is 78.1 Å². The normalized spacial score (nSPS) is 19.6. The molecule has 0 aromatic rings. The van der Waals surface area contributed by atoms with Crippen LogP contribution in [-0.2, 0) is 9.59 Å². The quantitative estimate of drug-likeness (QED) is 0.495. The van der Waals surface area contributed by atoms with Crippen molar-refractivity contribution in [1.82, 2.24) is 0 Å². The molecule has 0 atom stereocenters. The molecular formula is C15H26O2. The smallest absolute Gasteiger partial charge is 0.146 e. The highest BCUT2D eigenvalue weighted by molar-refractivity contribution is 6.08. The second kappa shape index (κ2) is 6.93. The summed E-state index contributed by atoms with van der Waals surface area (Å²) in [5, 5.41) is 0. The van der Waals surface area contributed by atoms with E-state index in [2.05, 4.69) is 6.92 Å². The molecule has 0 N–H and O–H groups in total. The third-order valence-electron chi connectivity index (χ3n) is 4.07. The van der Waals surface area contributed by atoms with Gasteiger partial charge in [-0.15, -0.1) is 0 Å². The maximum absolute atomic E-state index is 11.9. The average Bonchev–Trinajstić information content (AvgIpc) is 2.31. The highest BCUT2D eigenvalue weighted by Crippen LogP contribution is 2.34. The number of carbonyl (C=O) groups excluding carboxylic acids is 2. The molecule has 2 nitrogen and oxygen atoms in total. The van der Waals surface area contributed by atoms with Gasteiger partial charge in [0.2, 0.25) is 0 Å². The third kappa shape index (κ3) is 3.93. The maximum atomic E-state index is 11.9. The minimum atomic E-state index is -0.636. The van der Waals surface area contributed by atoms with E-state index in [1.807, 2.05) is 6.92 Å². The molecule has 17 heavy (non-hydrogen) atoms. The number of Topliss-reactive ketones (excluding diaryl/α,β-unsaturated/α-hetero) is 2. The van der Waals surface area contributed by atoms with Crippen molar-refractivity contribution in [1.29, 1.82) is 0 Å². The van der Waals surface area contributed by atoms with Gasteiger partial charge in [0.15, 0.2) is 0 Å². The lowest BCUT2D eigenvalue weighted by Gasteiger charge is -2.30. The van der Waals surface area contributed by atoms with E-state index in [4.69, 9.17) is 0 Å². The Kier molecular flexibility index (Phi) is 5.87. The summed E-state index contributed by atoms with van der Waals surface area (Å²) in [4.78, 5) is 23.7. The Bertz CT molecular complexity index is 252. The topological polar surface area (TPSA) is 34.1 Å². The van der Waals surface area contributed by atoms with Crippen molar-refractivity contribution < 1.29 is 9.59 Å². The zero-order chi connectivity index (χ0) is 12.7. The average molecular weight is 238 g/mol. The van der Waals surface area contributed by atoms with Crippen molar-refractivity contribution in [3.63, 3.8) is 0 Å². The second-order valence-corrected chi connectivity index (χ2v) is 5.55. The van der Waals surface area contributed by atoms with Crippen LogP contribution in [0.2, 0.25) is 0 Å². The van der Waals surface area contributed by atoms with Crippen LogP contribution in [0.5, 0.6) is 0 Å². The van der Waals surface area contributed by atoms with Gasteiger partial charge < -0.3 is 0 Å². The van der Waals surface area contributed by atoms with Gasteiger partial charge >= 0.3 is 0 Å². The SMILES string of the molecule is CCCCCCCCC1(C)C(=O)CCCC1=O. The Morgan fingerprint density at radius 3 is 2.06 bits per heavy atom. The molecule has 1 rings (SSSR count). The summed E-state index contributed by atoms with van der Waals surface area (Å²) in [6, 6.07) is 0. The van der Waals surface area contributed by atoms with E-state index in [0.717, 1.165) is 25.7 Å². The molecular weight excluding hydrogens is 212 g/mol. The van der Waals surface area contributed by atoms with E-state index >= 15 is 0 Å². The molecule has 1 fully saturated rings. The van der Waals surface area contributed by atoms with E-state index in [0.29, 0.717) is 12.8 Å². The Morgan fingerprint density at radius 2 is 1.47 bits per heavy atom. The molecule has 98 valence electrons. The van der Waals surface area contributed by atoms with Crippen LogP contribution in [-0.4, -0.2) is 11.6 Å². The first kappa shape index (κ1) is 14.4. The van der Waals surface area contributed by atoms with E-state index in [-0.39, 0.29) is 11.6 Å². The summed E-state index contributed by atoms with van der Waals surface area (Å²) in [5.74, 6) is 0.365. The lowest BCUT2D eigenvalue weighted by Crippen LogP contribution is -2.39. The Labute approximate surface area is 105 Å². The summed E-state index contributed by atoms with van der Waals surface area (Å²) >= 11 is 0. The summed E-state index contributed by atoms with van der Waals surface area (Å²) in [6.45, 7) is 4.07. The largest absolute Gasteiger partial charge is 0.299 e. The van der Waals surface area contributed by atoms with Gasteiger partial charge in [-0.3, -0.25) is 9.59 Å². The van der Waals surface area contributed by atoms with Crippen molar-refractivity contribution in [2.75, 3.05) is 0 Å². The molecule has 0 unspecified atom stereocenters. The van der Waals surface area contributed by atoms with Crippen LogP contribution in [0.4, 0.5) is 0 Å². The summed E-state index contributed by atoms with van der Waals surface area (Å²) in [5.41, 5.74) is -0.636. The third-order valence-corrected chi connectivity index (χ3v) is 4.07. The number of unbranched alkanes of at least 4 members (excludes halogenated alkanes) is 5. The van der Waals surface area contributed by atoms with Crippen LogP contribution in [0.25, 0.3) is 0 Å². The second-order valence-electron chi connectivity index (χ2n) is 5.55. The van der Waals surface area contributed by atoms with Crippen molar-refractivity contribution in [2.24, 2.45) is 5.41 Å². The molecule has 0 spiro atoms. The van der Waals surface area contributed by atoms with Gasteiger partial charge in [0.1, 0.15) is 11.6 Å². The minimum Gasteiger partial charge on any atom is -0.299 e. The predicted octanol–water partition coefficient (Wildman–Crippen LogP) is 4.07. The Balaban J connectivity index is 2.28. The van der Waals surface area contributed by atoms with Crippen LogP contribution in [0, 0.1) is 5.41 Å². The van der Waals surface area contributed by atoms with Gasteiger partial charge in [-0.2, -0.15) is 0 Å². The molecule has 1 saturated carbocycles. The highest BCUT2D eigenvalue weighted by Gasteiger charge is 2.41. The van der Waals surface area contributed by atoms with Crippen molar-refractivity contribution >= 4 is 11.6 Å². The fourth-order valence-corrected chi connectivity index (χ4v) is 2.65. The number of ketones is 2. The molecule has 0 amide bonds. The van der Waals surface area contributed by atoms with Crippen molar-refractivity contribution in [2.45, 2.75) is 78.1 Å². The van der Waals surface area contributed by atoms with Gasteiger partial charge in [-0.25, -0.2) is 0 Å². The molecule has 0 radical (unpaired) electrons. The number of hydrogen-bond donors (Lipinski definition) is 0. The van der Waals surface area contributed by atoms with Crippen LogP contribution in [0.15, 0.2) is 0 Å². The Hall–Kier alpha value is -0.660. The molecule has 0 aliphatic heterocycles. The molecule has 0 bridgehead atoms. The fourth-order valence-electron chi connectivity index (χ4n) is 2.65. The lowest BCUT2D eigenvalue weighted by molar-refractivity contribution is -0.143. The molecule has 0 heterocycles. The zero-order valence-electron chi connectivity index (χ0n) is 11.4. The van der Waals surface area contributed by atoms with Crippen LogP contribution < -0.4 is 0 Å². The van der Waals surface area contributed by atoms with E-state index < -0.39 is 5.41 Å². The van der Waals surface area contributed by atoms with E-state index in [9.17, 15) is 9.59 Å². The summed E-state index contributed by atoms with van der Waals surface area (Å²) < 4.78 is 0. The fraction of sp³-hybridized carbons (Fsp3) is 0.867. The number of hydrogen-bond acceptors (Lipinski definition) is 2. The molecule has 1 aliphatic carbocycles. The first-order chi connectivity index (χ1) is 8.11. The van der Waals surface area contributed by atoms with E-state index in [1.54, 1.807) is 0 Å². The number of rotatable bonds is 7. The molecule has 0 saturated heterocycles. The Morgan fingerprint density at radius 1 is 0.941 bits per heavy atom. The molecule has 2 heteroatoms. The van der Waals surface area contributed by atoms with Gasteiger partial charge in [0, 0.05) is 12.8 Å². The maximum Gasteiger partial charge on any atom is 0.146 e. The monoisotopic (exact) mass is 238 g/mol. The van der Waals surface area contributed by atoms with Crippen LogP contribution in [0.3, 0.4) is 0 Å². The summed E-state index contributed by atoms with van der Waals surface area (Å²) in [6.07, 6.45) is 10.0. The standard InChI is InChI=1S/C15H26O2/c1-3-4-5-6-7-8-12-15(2)13(16)10-9-11-14(15)17/h3-12H2,1-2H3.